The summed E-state index contributed by atoms with van der Waals surface area (Å²) < 4.78 is 0. The Bertz CT molecular complexity index is 143. The van der Waals surface area contributed by atoms with Crippen molar-refractivity contribution in [3.05, 3.63) is 0 Å². The molecule has 0 saturated heterocycles. The number of aliphatic imine (C=N–C) groups is 1. The van der Waals surface area contributed by atoms with Crippen LogP contribution in [0.4, 0.5) is 0 Å². The topological polar surface area (TPSA) is 12.4 Å². The van der Waals surface area contributed by atoms with Gasteiger partial charge in [0, 0.05) is 12.3 Å². The maximum Gasteiger partial charge on any atom is 0.0675 e. The molecule has 1 heterocycles. The molecule has 0 spiro atoms. The highest BCUT2D eigenvalue weighted by molar-refractivity contribution is 8.13. The lowest BCUT2D eigenvalue weighted by Crippen LogP contribution is -2.03. The van der Waals surface area contributed by atoms with Crippen LogP contribution >= 0.6 is 11.8 Å². The molecule has 70 valence electrons. The maximum absolute atomic E-state index is 4.51. The summed E-state index contributed by atoms with van der Waals surface area (Å²) in [7, 11) is 0. The Balaban J connectivity index is 2.01. The van der Waals surface area contributed by atoms with Crippen molar-refractivity contribution in [1.82, 2.24) is 0 Å². The number of nitrogens with zero attached hydrogens (tertiary/aromatic N) is 1. The van der Waals surface area contributed by atoms with E-state index in [0.717, 1.165) is 6.54 Å². The van der Waals surface area contributed by atoms with Gasteiger partial charge < -0.3 is 0 Å². The van der Waals surface area contributed by atoms with Gasteiger partial charge in [0.15, 0.2) is 0 Å². The van der Waals surface area contributed by atoms with Gasteiger partial charge in [0.2, 0.25) is 0 Å². The molecule has 0 aromatic carbocycles. The van der Waals surface area contributed by atoms with E-state index in [-0.39, 0.29) is 0 Å². The Hall–Kier alpha value is 0.0200. The molecule has 1 nitrogen and oxygen atoms in total. The van der Waals surface area contributed by atoms with Gasteiger partial charge in [-0.05, 0) is 19.3 Å². The third-order valence-electron chi connectivity index (χ3n) is 2.10. The number of hydrogen-bond donors (Lipinski definition) is 0. The van der Waals surface area contributed by atoms with Crippen LogP contribution in [0, 0.1) is 0 Å². The van der Waals surface area contributed by atoms with E-state index >= 15 is 0 Å². The minimum atomic E-state index is 1.08. The van der Waals surface area contributed by atoms with E-state index in [4.69, 9.17) is 0 Å². The first kappa shape index (κ1) is 10.1. The fourth-order valence-electron chi connectivity index (χ4n) is 1.36. The number of rotatable bonds is 5. The van der Waals surface area contributed by atoms with Crippen molar-refractivity contribution in [3.8, 4) is 0 Å². The van der Waals surface area contributed by atoms with E-state index in [0.29, 0.717) is 0 Å². The minimum absolute atomic E-state index is 1.08. The maximum atomic E-state index is 4.51. The van der Waals surface area contributed by atoms with Gasteiger partial charge in [-0.15, -0.1) is 11.8 Å². The normalized spacial score (nSPS) is 17.6. The van der Waals surface area contributed by atoms with Gasteiger partial charge in [0.05, 0.1) is 5.04 Å². The predicted molar refractivity (Wildman–Crippen MR) is 58.1 cm³/mol. The third-order valence-corrected chi connectivity index (χ3v) is 3.26. The molecule has 0 atom stereocenters. The van der Waals surface area contributed by atoms with E-state index in [1.54, 1.807) is 0 Å². The lowest BCUT2D eigenvalue weighted by Gasteiger charge is -2.10. The monoisotopic (exact) mass is 185 g/mol. The average Bonchev–Trinajstić information content (AvgIpc) is 2.14. The Morgan fingerprint density at radius 2 is 2.25 bits per heavy atom. The van der Waals surface area contributed by atoms with Crippen molar-refractivity contribution in [2.75, 3.05) is 12.3 Å². The number of thioether (sulfide) groups is 1. The summed E-state index contributed by atoms with van der Waals surface area (Å²) in [4.78, 5) is 4.51. The lowest BCUT2D eigenvalue weighted by atomic mass is 10.2. The zero-order chi connectivity index (χ0) is 8.65. The molecule has 0 saturated carbocycles. The van der Waals surface area contributed by atoms with Crippen molar-refractivity contribution < 1.29 is 0 Å². The molecule has 0 aromatic heterocycles. The van der Waals surface area contributed by atoms with E-state index in [9.17, 15) is 0 Å². The SMILES string of the molecule is CCCCCCC1=NCCCS1. The van der Waals surface area contributed by atoms with Crippen LogP contribution in [0.3, 0.4) is 0 Å². The van der Waals surface area contributed by atoms with Crippen molar-refractivity contribution in [1.29, 1.82) is 0 Å². The van der Waals surface area contributed by atoms with E-state index in [1.165, 1.54) is 49.3 Å². The van der Waals surface area contributed by atoms with Gasteiger partial charge in [-0.3, -0.25) is 4.99 Å². The molecule has 0 unspecified atom stereocenters. The highest BCUT2D eigenvalue weighted by Gasteiger charge is 2.04. The van der Waals surface area contributed by atoms with Gasteiger partial charge in [0.1, 0.15) is 0 Å². The summed E-state index contributed by atoms with van der Waals surface area (Å²) in [5.74, 6) is 1.30. The van der Waals surface area contributed by atoms with Gasteiger partial charge in [0.25, 0.3) is 0 Å². The fraction of sp³-hybridized carbons (Fsp3) is 0.900. The molecule has 0 radical (unpaired) electrons. The molecular weight excluding hydrogens is 166 g/mol. The highest BCUT2D eigenvalue weighted by Crippen LogP contribution is 2.17. The molecule has 12 heavy (non-hydrogen) atoms. The van der Waals surface area contributed by atoms with Crippen LogP contribution in [0.15, 0.2) is 4.99 Å². The third kappa shape index (κ3) is 4.15. The van der Waals surface area contributed by atoms with Crippen molar-refractivity contribution in [2.45, 2.75) is 45.4 Å². The quantitative estimate of drug-likeness (QED) is 0.597. The molecule has 0 N–H and O–H groups in total. The molecule has 0 fully saturated rings. The van der Waals surface area contributed by atoms with Crippen molar-refractivity contribution in [2.24, 2.45) is 4.99 Å². The van der Waals surface area contributed by atoms with E-state index in [1.807, 2.05) is 11.8 Å². The number of unbranched alkanes of at least 4 members (excludes halogenated alkanes) is 3. The first-order valence-electron chi connectivity index (χ1n) is 5.09. The summed E-state index contributed by atoms with van der Waals surface area (Å²) in [6, 6.07) is 0. The highest BCUT2D eigenvalue weighted by atomic mass is 32.2. The van der Waals surface area contributed by atoms with E-state index < -0.39 is 0 Å². The lowest BCUT2D eigenvalue weighted by molar-refractivity contribution is 0.683. The average molecular weight is 185 g/mol. The first-order chi connectivity index (χ1) is 5.93. The van der Waals surface area contributed by atoms with Gasteiger partial charge in [-0.25, -0.2) is 0 Å². The first-order valence-corrected chi connectivity index (χ1v) is 6.08. The molecule has 1 aliphatic rings. The summed E-state index contributed by atoms with van der Waals surface area (Å²) in [5.41, 5.74) is 0. The molecule has 2 heteroatoms. The Kier molecular flexibility index (Phi) is 5.50. The van der Waals surface area contributed by atoms with Crippen LogP contribution < -0.4 is 0 Å². The summed E-state index contributed by atoms with van der Waals surface area (Å²) >= 11 is 1.97. The molecule has 0 amide bonds. The zero-order valence-corrected chi connectivity index (χ0v) is 8.83. The minimum Gasteiger partial charge on any atom is -0.283 e. The Labute approximate surface area is 80.0 Å². The molecule has 0 aliphatic carbocycles. The summed E-state index contributed by atoms with van der Waals surface area (Å²) in [5, 5.41) is 1.41. The predicted octanol–water partition coefficient (Wildman–Crippen LogP) is 3.49. The standard InChI is InChI=1S/C10H19NS/c1-2-3-4-5-7-10-11-8-6-9-12-10/h2-9H2,1H3. The van der Waals surface area contributed by atoms with Crippen molar-refractivity contribution >= 4 is 16.8 Å². The van der Waals surface area contributed by atoms with Gasteiger partial charge >= 0.3 is 0 Å². The Morgan fingerprint density at radius 1 is 1.33 bits per heavy atom. The van der Waals surface area contributed by atoms with Gasteiger partial charge in [-0.1, -0.05) is 26.2 Å². The molecule has 1 rings (SSSR count). The molecule has 0 bridgehead atoms. The van der Waals surface area contributed by atoms with Crippen LogP contribution in [0.25, 0.3) is 0 Å². The Morgan fingerprint density at radius 3 is 2.92 bits per heavy atom. The molecule has 1 aliphatic heterocycles. The fourth-order valence-corrected chi connectivity index (χ4v) is 2.34. The second kappa shape index (κ2) is 6.53. The second-order valence-corrected chi connectivity index (χ2v) is 4.46. The van der Waals surface area contributed by atoms with Crippen molar-refractivity contribution in [3.63, 3.8) is 0 Å². The van der Waals surface area contributed by atoms with Crippen LogP contribution in [0.2, 0.25) is 0 Å². The number of hydrogen-bond acceptors (Lipinski definition) is 2. The summed E-state index contributed by atoms with van der Waals surface area (Å²) in [6.07, 6.45) is 7.97. The van der Waals surface area contributed by atoms with Crippen LogP contribution in [0.1, 0.15) is 45.4 Å². The second-order valence-electron chi connectivity index (χ2n) is 3.29. The van der Waals surface area contributed by atoms with Crippen LogP contribution in [-0.4, -0.2) is 17.3 Å². The largest absolute Gasteiger partial charge is 0.283 e. The molecule has 0 aromatic rings. The van der Waals surface area contributed by atoms with Gasteiger partial charge in [-0.2, -0.15) is 0 Å². The van der Waals surface area contributed by atoms with Crippen LogP contribution in [-0.2, 0) is 0 Å². The summed E-state index contributed by atoms with van der Waals surface area (Å²) in [6.45, 7) is 3.34. The van der Waals surface area contributed by atoms with E-state index in [2.05, 4.69) is 11.9 Å². The smallest absolute Gasteiger partial charge is 0.0675 e. The van der Waals surface area contributed by atoms with Crippen LogP contribution in [0.5, 0.6) is 0 Å². The molecular formula is C10H19NS. The zero-order valence-electron chi connectivity index (χ0n) is 8.01.